The van der Waals surface area contributed by atoms with Gasteiger partial charge in [0.05, 0.1) is 25.8 Å². The molecular formula is C26H32N6O3. The molecule has 3 aromatic rings. The van der Waals surface area contributed by atoms with E-state index in [1.165, 1.54) is 5.56 Å². The summed E-state index contributed by atoms with van der Waals surface area (Å²) in [5.74, 6) is 3.28. The van der Waals surface area contributed by atoms with Gasteiger partial charge in [0.2, 0.25) is 0 Å². The third-order valence-electron chi connectivity index (χ3n) is 6.46. The summed E-state index contributed by atoms with van der Waals surface area (Å²) in [6, 6.07) is 14.0. The highest BCUT2D eigenvalue weighted by Crippen LogP contribution is 2.28. The second kappa shape index (κ2) is 10.9. The largest absolute Gasteiger partial charge is 0.497 e. The number of aromatic nitrogens is 2. The van der Waals surface area contributed by atoms with Crippen LogP contribution in [0.1, 0.15) is 17.3 Å². The van der Waals surface area contributed by atoms with E-state index in [9.17, 15) is 0 Å². The van der Waals surface area contributed by atoms with Gasteiger partial charge in [-0.05, 0) is 29.8 Å². The highest BCUT2D eigenvalue weighted by atomic mass is 16.5. The first-order valence-electron chi connectivity index (χ1n) is 12.0. The lowest BCUT2D eigenvalue weighted by atomic mass is 9.99. The first-order valence-corrected chi connectivity index (χ1v) is 12.0. The number of benzene rings is 2. The van der Waals surface area contributed by atoms with Crippen LogP contribution in [0.2, 0.25) is 0 Å². The van der Waals surface area contributed by atoms with E-state index in [0.717, 1.165) is 74.2 Å². The van der Waals surface area contributed by atoms with Crippen molar-refractivity contribution < 1.29 is 14.2 Å². The molecule has 184 valence electrons. The number of morpholine rings is 1. The number of hydrogen-bond acceptors (Lipinski definition) is 9. The lowest BCUT2D eigenvalue weighted by Crippen LogP contribution is -2.40. The molecule has 2 aromatic carbocycles. The van der Waals surface area contributed by atoms with Crippen LogP contribution >= 0.6 is 0 Å². The molecule has 3 heterocycles. The average Bonchev–Trinajstić information content (AvgIpc) is 3.46. The third kappa shape index (κ3) is 5.63. The first-order chi connectivity index (χ1) is 17.2. The summed E-state index contributed by atoms with van der Waals surface area (Å²) < 4.78 is 16.8. The Balaban J connectivity index is 1.41. The zero-order valence-corrected chi connectivity index (χ0v) is 20.3. The average molecular weight is 477 g/mol. The van der Waals surface area contributed by atoms with Crippen LogP contribution in [-0.2, 0) is 11.3 Å². The zero-order valence-electron chi connectivity index (χ0n) is 20.3. The number of rotatable bonds is 9. The van der Waals surface area contributed by atoms with Gasteiger partial charge in [-0.25, -0.2) is 9.97 Å². The Morgan fingerprint density at radius 3 is 2.77 bits per heavy atom. The minimum atomic E-state index is 0.252. The minimum Gasteiger partial charge on any atom is -0.497 e. The number of nitrogens with one attached hydrogen (secondary N) is 1. The number of ether oxygens (including phenoxy) is 3. The van der Waals surface area contributed by atoms with Gasteiger partial charge >= 0.3 is 0 Å². The zero-order chi connectivity index (χ0) is 24.0. The van der Waals surface area contributed by atoms with Crippen LogP contribution in [0.3, 0.4) is 0 Å². The molecule has 2 aliphatic rings. The number of nitrogens with zero attached hydrogens (tertiary/aromatic N) is 5. The number of methoxy groups -OCH3 is 1. The van der Waals surface area contributed by atoms with Crippen LogP contribution in [0.25, 0.3) is 10.9 Å². The van der Waals surface area contributed by atoms with Crippen molar-refractivity contribution in [3.63, 3.8) is 0 Å². The van der Waals surface area contributed by atoms with Gasteiger partial charge in [-0.2, -0.15) is 5.10 Å². The van der Waals surface area contributed by atoms with E-state index in [4.69, 9.17) is 24.2 Å². The quantitative estimate of drug-likeness (QED) is 0.505. The molecule has 0 saturated carbocycles. The van der Waals surface area contributed by atoms with Crippen LogP contribution in [0.4, 0.5) is 5.82 Å². The summed E-state index contributed by atoms with van der Waals surface area (Å²) in [7, 11) is 3.74. The normalized spacial score (nSPS) is 17.9. The maximum Gasteiger partial charge on any atom is 0.168 e. The summed E-state index contributed by atoms with van der Waals surface area (Å²) in [6.07, 6.45) is 1.96. The van der Waals surface area contributed by atoms with E-state index >= 15 is 0 Å². The van der Waals surface area contributed by atoms with E-state index in [1.54, 1.807) is 7.11 Å². The van der Waals surface area contributed by atoms with Crippen molar-refractivity contribution >= 4 is 22.9 Å². The molecule has 0 aliphatic carbocycles. The Morgan fingerprint density at radius 1 is 1.11 bits per heavy atom. The van der Waals surface area contributed by atoms with E-state index in [1.807, 2.05) is 30.5 Å². The van der Waals surface area contributed by atoms with Crippen molar-refractivity contribution in [1.29, 1.82) is 0 Å². The van der Waals surface area contributed by atoms with Crippen molar-refractivity contribution in [1.82, 2.24) is 20.3 Å². The van der Waals surface area contributed by atoms with Crippen LogP contribution < -0.4 is 19.8 Å². The van der Waals surface area contributed by atoms with Crippen LogP contribution in [0.15, 0.2) is 47.6 Å². The van der Waals surface area contributed by atoms with Gasteiger partial charge in [0, 0.05) is 63.4 Å². The third-order valence-corrected chi connectivity index (χ3v) is 6.46. The maximum atomic E-state index is 6.01. The monoisotopic (exact) mass is 476 g/mol. The van der Waals surface area contributed by atoms with E-state index in [0.29, 0.717) is 5.82 Å². The molecule has 1 unspecified atom stereocenters. The second-order valence-electron chi connectivity index (χ2n) is 8.83. The van der Waals surface area contributed by atoms with Crippen molar-refractivity contribution in [3.05, 3.63) is 53.9 Å². The van der Waals surface area contributed by atoms with Crippen molar-refractivity contribution in [2.45, 2.75) is 12.5 Å². The lowest BCUT2D eigenvalue weighted by molar-refractivity contribution is 0.0393. The number of hydrogen-bond donors (Lipinski definition) is 1. The van der Waals surface area contributed by atoms with E-state index in [-0.39, 0.29) is 12.5 Å². The molecule has 2 aliphatic heterocycles. The van der Waals surface area contributed by atoms with Crippen molar-refractivity contribution in [3.8, 4) is 11.5 Å². The SMILES string of the molecule is COc1cccc(OCc2nc(N(C)CCN3CCOCC3)c3cc(C4C=NNC4)ccc3n2)c1. The number of hydrazone groups is 1. The van der Waals surface area contributed by atoms with Crippen LogP contribution in [0.5, 0.6) is 11.5 Å². The molecular weight excluding hydrogens is 444 g/mol. The molecule has 0 amide bonds. The topological polar surface area (TPSA) is 84.3 Å². The molecule has 9 heteroatoms. The molecule has 0 spiro atoms. The molecule has 9 nitrogen and oxygen atoms in total. The standard InChI is InChI=1S/C26H32N6O3/c1-31(8-9-32-10-12-34-13-11-32)26-23-14-19(20-16-27-28-17-20)6-7-24(23)29-25(30-26)18-35-22-5-3-4-21(15-22)33-2/h3-7,14-16,20,28H,8-13,17-18H2,1-2H3. The Bertz CT molecular complexity index is 1180. The molecule has 1 saturated heterocycles. The van der Waals surface area contributed by atoms with Gasteiger partial charge in [0.25, 0.3) is 0 Å². The molecule has 1 aromatic heterocycles. The molecule has 0 radical (unpaired) electrons. The number of fused-ring (bicyclic) bond motifs is 1. The molecule has 1 atom stereocenters. The van der Waals surface area contributed by atoms with Gasteiger partial charge in [-0.15, -0.1) is 0 Å². The fourth-order valence-corrected chi connectivity index (χ4v) is 4.37. The Kier molecular flexibility index (Phi) is 7.25. The predicted molar refractivity (Wildman–Crippen MR) is 137 cm³/mol. The minimum absolute atomic E-state index is 0.252. The lowest BCUT2D eigenvalue weighted by Gasteiger charge is -2.29. The van der Waals surface area contributed by atoms with Crippen molar-refractivity contribution in [2.75, 3.05) is 65.0 Å². The van der Waals surface area contributed by atoms with E-state index in [2.05, 4.69) is 45.6 Å². The van der Waals surface area contributed by atoms with Gasteiger partial charge in [-0.3, -0.25) is 4.90 Å². The molecule has 5 rings (SSSR count). The maximum absolute atomic E-state index is 6.01. The second-order valence-corrected chi connectivity index (χ2v) is 8.83. The summed E-state index contributed by atoms with van der Waals surface area (Å²) >= 11 is 0. The number of anilines is 1. The summed E-state index contributed by atoms with van der Waals surface area (Å²) in [4.78, 5) is 14.4. The van der Waals surface area contributed by atoms with Crippen molar-refractivity contribution in [2.24, 2.45) is 5.10 Å². The van der Waals surface area contributed by atoms with Gasteiger partial charge in [0.15, 0.2) is 5.82 Å². The first kappa shape index (κ1) is 23.3. The highest BCUT2D eigenvalue weighted by molar-refractivity contribution is 5.91. The molecule has 0 bridgehead atoms. The summed E-state index contributed by atoms with van der Waals surface area (Å²) in [5, 5.41) is 5.22. The Morgan fingerprint density at radius 2 is 1.97 bits per heavy atom. The van der Waals surface area contributed by atoms with Gasteiger partial charge in [-0.1, -0.05) is 12.1 Å². The molecule has 1 N–H and O–H groups in total. The summed E-state index contributed by atoms with van der Waals surface area (Å²) in [6.45, 7) is 6.43. The van der Waals surface area contributed by atoms with Crippen LogP contribution in [-0.4, -0.2) is 81.2 Å². The molecule has 35 heavy (non-hydrogen) atoms. The van der Waals surface area contributed by atoms with Gasteiger partial charge < -0.3 is 24.5 Å². The number of likely N-dealkylation sites (N-methyl/N-ethyl adjacent to an activating group) is 1. The Hall–Kier alpha value is -3.43. The Labute approximate surface area is 205 Å². The highest BCUT2D eigenvalue weighted by Gasteiger charge is 2.18. The summed E-state index contributed by atoms with van der Waals surface area (Å²) in [5.41, 5.74) is 5.16. The molecule has 1 fully saturated rings. The predicted octanol–water partition coefficient (Wildman–Crippen LogP) is 2.66. The smallest absolute Gasteiger partial charge is 0.168 e. The van der Waals surface area contributed by atoms with E-state index < -0.39 is 0 Å². The van der Waals surface area contributed by atoms with Crippen LogP contribution in [0, 0.1) is 0 Å². The fraction of sp³-hybridized carbons (Fsp3) is 0.423. The fourth-order valence-electron chi connectivity index (χ4n) is 4.37. The van der Waals surface area contributed by atoms with Gasteiger partial charge in [0.1, 0.15) is 23.9 Å².